The van der Waals surface area contributed by atoms with Crippen LogP contribution >= 0.6 is 0 Å². The number of hydrogen-bond acceptors (Lipinski definition) is 0. The third-order valence-electron chi connectivity index (χ3n) is 22.2. The van der Waals surface area contributed by atoms with Gasteiger partial charge >= 0.3 is 0 Å². The summed E-state index contributed by atoms with van der Waals surface area (Å²) in [4.78, 5) is 0. The molecule has 2 aliphatic rings. The van der Waals surface area contributed by atoms with Crippen molar-refractivity contribution >= 4 is 87.2 Å². The summed E-state index contributed by atoms with van der Waals surface area (Å²) >= 11 is 0. The predicted octanol–water partition coefficient (Wildman–Crippen LogP) is 25.4. The van der Waals surface area contributed by atoms with Gasteiger partial charge in [0.1, 0.15) is 0 Å². The monoisotopic (exact) mass is 1280 g/mol. The van der Waals surface area contributed by atoms with Crippen LogP contribution in [0.25, 0.3) is 166 Å². The lowest BCUT2D eigenvalue weighted by atomic mass is 9.81. The summed E-state index contributed by atoms with van der Waals surface area (Å²) in [5, 5.41) is 10.1. The number of fused-ring (bicyclic) bond motifs is 18. The Hall–Kier alpha value is -12.5. The van der Waals surface area contributed by atoms with Crippen molar-refractivity contribution < 1.29 is 0 Å². The van der Waals surface area contributed by atoms with Gasteiger partial charge in [0, 0.05) is 65.3 Å². The third kappa shape index (κ3) is 8.53. The number of benzene rings is 15. The topological polar surface area (TPSA) is 19.7 Å². The molecule has 0 saturated carbocycles. The Morgan fingerprint density at radius 2 is 0.470 bits per heavy atom. The highest BCUT2D eigenvalue weighted by molar-refractivity contribution is 6.15. The summed E-state index contributed by atoms with van der Waals surface area (Å²) in [6.07, 6.45) is 0. The smallest absolute Gasteiger partial charge is 0.0541 e. The maximum Gasteiger partial charge on any atom is 0.0541 e. The Kier molecular flexibility index (Phi) is 12.7. The van der Waals surface area contributed by atoms with Crippen LogP contribution in [0.5, 0.6) is 0 Å². The summed E-state index contributed by atoms with van der Waals surface area (Å²) in [5.41, 5.74) is 32.8. The van der Waals surface area contributed by atoms with Crippen LogP contribution in [0.2, 0.25) is 0 Å². The largest absolute Gasteiger partial charge is 0.309 e. The molecule has 0 radical (unpaired) electrons. The second-order valence-electron chi connectivity index (χ2n) is 28.3. The minimum absolute atomic E-state index is 0.103. The van der Waals surface area contributed by atoms with Crippen molar-refractivity contribution in [2.45, 2.75) is 38.5 Å². The van der Waals surface area contributed by atoms with Crippen molar-refractivity contribution in [2.24, 2.45) is 0 Å². The molecule has 4 heterocycles. The van der Waals surface area contributed by atoms with Gasteiger partial charge in [-0.05, 0) is 187 Å². The standard InChI is InChI=1S/C51H36N2.C45H32N2/c1-51(2)44-19-9-6-15-38(44)41-18-12-22-49(50(41)51)53-46-21-11-8-17-40(46)43-32-36(26-30-48(43)53)35-25-29-47-42(31-35)39-16-7-10-20-45(39)52(47)37-27-23-34(24-28-37)33-13-4-3-5-14-33;1-45(2)38-19-9-6-15-32(38)35-18-12-22-43(44(35)45)47-40-21-11-8-17-34(40)37-28-30(24-26-42(37)47)29-23-25-41-36(27-29)33-16-7-10-20-39(33)46(41)31-13-4-3-5-14-31/h3-32H,1-2H3;3-28H,1-2H3. The van der Waals surface area contributed by atoms with E-state index in [1.165, 1.54) is 182 Å². The fourth-order valence-electron chi connectivity index (χ4n) is 17.7. The van der Waals surface area contributed by atoms with Crippen LogP contribution in [0.4, 0.5) is 0 Å². The Labute approximate surface area is 580 Å². The lowest BCUT2D eigenvalue weighted by molar-refractivity contribution is 0.656. The predicted molar refractivity (Wildman–Crippen MR) is 422 cm³/mol. The Morgan fingerprint density at radius 1 is 0.190 bits per heavy atom. The van der Waals surface area contributed by atoms with E-state index >= 15 is 0 Å². The van der Waals surface area contributed by atoms with Crippen molar-refractivity contribution in [1.82, 2.24) is 18.3 Å². The summed E-state index contributed by atoms with van der Waals surface area (Å²) < 4.78 is 9.78. The minimum atomic E-state index is -0.112. The second-order valence-corrected chi connectivity index (χ2v) is 28.3. The maximum atomic E-state index is 2.50. The van der Waals surface area contributed by atoms with E-state index in [-0.39, 0.29) is 10.8 Å². The van der Waals surface area contributed by atoms with Gasteiger partial charge in [-0.2, -0.15) is 0 Å². The van der Waals surface area contributed by atoms with Crippen molar-refractivity contribution in [2.75, 3.05) is 0 Å². The summed E-state index contributed by atoms with van der Waals surface area (Å²) in [6, 6.07) is 125. The van der Waals surface area contributed by atoms with Gasteiger partial charge < -0.3 is 18.3 Å². The van der Waals surface area contributed by atoms with Gasteiger partial charge in [0.25, 0.3) is 0 Å². The molecule has 472 valence electrons. The van der Waals surface area contributed by atoms with E-state index in [2.05, 4.69) is 386 Å². The SMILES string of the molecule is CC1(C)c2ccccc2-c2cccc(-n3c4ccccc4c4cc(-c5ccc6c(c5)c5ccccc5n6-c5ccc(-c6ccccc6)cc5)ccc43)c21.CC1(C)c2ccccc2-c2cccc(-n3c4ccccc4c4cc(-c5ccc6c(c5)c5ccccc5n6-c5ccccc5)ccc43)c21. The molecule has 15 aromatic carbocycles. The van der Waals surface area contributed by atoms with Crippen LogP contribution in [0.1, 0.15) is 49.9 Å². The molecule has 0 atom stereocenters. The molecule has 2 aliphatic carbocycles. The first kappa shape index (κ1) is 57.7. The zero-order chi connectivity index (χ0) is 66.5. The molecule has 21 rings (SSSR count). The lowest BCUT2D eigenvalue weighted by Gasteiger charge is -2.25. The fourth-order valence-corrected chi connectivity index (χ4v) is 17.7. The number of nitrogens with zero attached hydrogens (tertiary/aromatic N) is 4. The highest BCUT2D eigenvalue weighted by Crippen LogP contribution is 2.54. The molecule has 100 heavy (non-hydrogen) atoms. The van der Waals surface area contributed by atoms with Crippen LogP contribution in [-0.4, -0.2) is 18.3 Å². The van der Waals surface area contributed by atoms with Gasteiger partial charge in [-0.25, -0.2) is 0 Å². The first-order valence-electron chi connectivity index (χ1n) is 35.0. The molecule has 0 unspecified atom stereocenters. The van der Waals surface area contributed by atoms with Gasteiger partial charge in [0.2, 0.25) is 0 Å². The molecule has 19 aromatic rings. The molecule has 0 aliphatic heterocycles. The van der Waals surface area contributed by atoms with E-state index in [1.54, 1.807) is 0 Å². The Balaban J connectivity index is 0.000000136. The molecule has 0 saturated heterocycles. The van der Waals surface area contributed by atoms with Crippen LogP contribution in [0.3, 0.4) is 0 Å². The molecule has 0 bridgehead atoms. The molecule has 4 aromatic heterocycles. The Bertz CT molecular complexity index is 6560. The van der Waals surface area contributed by atoms with Gasteiger partial charge in [-0.3, -0.25) is 0 Å². The third-order valence-corrected chi connectivity index (χ3v) is 22.2. The fraction of sp³-hybridized carbons (Fsp3) is 0.0625. The van der Waals surface area contributed by atoms with Gasteiger partial charge in [-0.15, -0.1) is 0 Å². The van der Waals surface area contributed by atoms with Crippen LogP contribution < -0.4 is 0 Å². The maximum absolute atomic E-state index is 2.50. The summed E-state index contributed by atoms with van der Waals surface area (Å²) in [5.74, 6) is 0. The first-order chi connectivity index (χ1) is 49.2. The zero-order valence-corrected chi connectivity index (χ0v) is 56.1. The van der Waals surface area contributed by atoms with E-state index in [0.29, 0.717) is 0 Å². The minimum Gasteiger partial charge on any atom is -0.309 e. The molecular formula is C96H68N4. The average molecular weight is 1280 g/mol. The lowest BCUT2D eigenvalue weighted by Crippen LogP contribution is -2.18. The van der Waals surface area contributed by atoms with E-state index in [4.69, 9.17) is 0 Å². The van der Waals surface area contributed by atoms with E-state index in [0.717, 1.165) is 5.69 Å². The van der Waals surface area contributed by atoms with E-state index in [1.807, 2.05) is 0 Å². The quantitative estimate of drug-likeness (QED) is 0.152. The Morgan fingerprint density at radius 3 is 0.870 bits per heavy atom. The van der Waals surface area contributed by atoms with Gasteiger partial charge in [0.05, 0.1) is 55.5 Å². The average Bonchev–Trinajstić information content (AvgIpc) is 1.56. The van der Waals surface area contributed by atoms with E-state index in [9.17, 15) is 0 Å². The summed E-state index contributed by atoms with van der Waals surface area (Å²) in [6.45, 7) is 9.50. The van der Waals surface area contributed by atoms with Crippen molar-refractivity contribution in [1.29, 1.82) is 0 Å². The van der Waals surface area contributed by atoms with Gasteiger partial charge in [0.15, 0.2) is 0 Å². The van der Waals surface area contributed by atoms with E-state index < -0.39 is 0 Å². The van der Waals surface area contributed by atoms with Gasteiger partial charge in [-0.1, -0.05) is 258 Å². The van der Waals surface area contributed by atoms with Crippen LogP contribution in [-0.2, 0) is 10.8 Å². The molecular weight excluding hydrogens is 1210 g/mol. The van der Waals surface area contributed by atoms with Crippen molar-refractivity contribution in [3.63, 3.8) is 0 Å². The summed E-state index contributed by atoms with van der Waals surface area (Å²) in [7, 11) is 0. The number of aromatic nitrogens is 4. The number of rotatable bonds is 7. The molecule has 0 spiro atoms. The molecule has 0 amide bonds. The highest BCUT2D eigenvalue weighted by Gasteiger charge is 2.40. The zero-order valence-electron chi connectivity index (χ0n) is 56.1. The van der Waals surface area contributed by atoms with Crippen LogP contribution in [0, 0.1) is 0 Å². The van der Waals surface area contributed by atoms with Crippen molar-refractivity contribution in [3.8, 4) is 78.4 Å². The molecule has 0 fully saturated rings. The van der Waals surface area contributed by atoms with Crippen molar-refractivity contribution in [3.05, 3.63) is 362 Å². The second kappa shape index (κ2) is 22.0. The molecule has 4 nitrogen and oxygen atoms in total. The normalized spacial score (nSPS) is 13.4. The highest BCUT2D eigenvalue weighted by atomic mass is 15.0. The number of hydrogen-bond donors (Lipinski definition) is 0. The molecule has 4 heteroatoms. The molecule has 0 N–H and O–H groups in total. The van der Waals surface area contributed by atoms with Crippen LogP contribution in [0.15, 0.2) is 340 Å². The number of para-hydroxylation sites is 5. The first-order valence-corrected chi connectivity index (χ1v) is 35.0.